The van der Waals surface area contributed by atoms with E-state index in [0.717, 1.165) is 0 Å². The number of hydrogen-bond donors (Lipinski definition) is 0. The number of epoxide rings is 1. The Labute approximate surface area is 129 Å². The molecule has 0 N–H and O–H groups in total. The van der Waals surface area contributed by atoms with Crippen LogP contribution in [0, 0.1) is 6.92 Å². The molecule has 3 fully saturated rings. The molecular formula is C16H20O4S. The minimum atomic E-state index is -0.513. The molecule has 0 bridgehead atoms. The standard InChI is InChI=1S/C16H20O4S/c1-9-4-6-10(7-5-9)21-15-14-13(18-14)12(19-15)11-8-17-16(2,3)20-11/h4-7,11-15H,8H2,1-3H3/t11-,12+,13-,14-,15+/m1/s1. The molecular weight excluding hydrogens is 288 g/mol. The van der Waals surface area contributed by atoms with E-state index in [1.54, 1.807) is 11.8 Å². The fourth-order valence-electron chi connectivity index (χ4n) is 2.95. The van der Waals surface area contributed by atoms with Gasteiger partial charge in [-0.1, -0.05) is 29.5 Å². The highest BCUT2D eigenvalue weighted by atomic mass is 32.2. The Morgan fingerprint density at radius 1 is 1.05 bits per heavy atom. The second-order valence-electron chi connectivity index (χ2n) is 6.33. The lowest BCUT2D eigenvalue weighted by Crippen LogP contribution is -2.35. The summed E-state index contributed by atoms with van der Waals surface area (Å²) in [6, 6.07) is 8.51. The summed E-state index contributed by atoms with van der Waals surface area (Å²) < 4.78 is 23.5. The fraction of sp³-hybridized carbons (Fsp3) is 0.625. The van der Waals surface area contributed by atoms with Crippen LogP contribution < -0.4 is 0 Å². The van der Waals surface area contributed by atoms with Crippen LogP contribution in [0.2, 0.25) is 0 Å². The Kier molecular flexibility index (Phi) is 3.32. The molecule has 0 spiro atoms. The van der Waals surface area contributed by atoms with Crippen LogP contribution in [-0.4, -0.2) is 42.2 Å². The molecule has 4 rings (SSSR count). The molecule has 1 aromatic carbocycles. The van der Waals surface area contributed by atoms with E-state index in [1.807, 2.05) is 13.8 Å². The molecule has 0 saturated carbocycles. The molecule has 114 valence electrons. The van der Waals surface area contributed by atoms with Gasteiger partial charge in [-0.2, -0.15) is 0 Å². The maximum Gasteiger partial charge on any atom is 0.163 e. The first-order valence-electron chi connectivity index (χ1n) is 7.38. The molecule has 4 nitrogen and oxygen atoms in total. The van der Waals surface area contributed by atoms with Gasteiger partial charge in [-0.15, -0.1) is 0 Å². The number of fused-ring (bicyclic) bond motifs is 1. The zero-order chi connectivity index (χ0) is 14.6. The van der Waals surface area contributed by atoms with E-state index in [9.17, 15) is 0 Å². The summed E-state index contributed by atoms with van der Waals surface area (Å²) in [5.41, 5.74) is 1.32. The van der Waals surface area contributed by atoms with Crippen LogP contribution >= 0.6 is 11.8 Å². The number of rotatable bonds is 3. The van der Waals surface area contributed by atoms with Crippen LogP contribution in [0.15, 0.2) is 29.2 Å². The van der Waals surface area contributed by atoms with Gasteiger partial charge in [-0.25, -0.2) is 0 Å². The molecule has 3 aliphatic rings. The van der Waals surface area contributed by atoms with Gasteiger partial charge >= 0.3 is 0 Å². The van der Waals surface area contributed by atoms with Crippen molar-refractivity contribution in [2.75, 3.05) is 6.61 Å². The Morgan fingerprint density at radius 3 is 2.48 bits per heavy atom. The topological polar surface area (TPSA) is 40.2 Å². The van der Waals surface area contributed by atoms with E-state index in [0.29, 0.717) is 6.61 Å². The Morgan fingerprint density at radius 2 is 1.81 bits per heavy atom. The highest BCUT2D eigenvalue weighted by Gasteiger charge is 2.62. The van der Waals surface area contributed by atoms with Crippen molar-refractivity contribution < 1.29 is 18.9 Å². The second-order valence-corrected chi connectivity index (χ2v) is 7.50. The molecule has 5 heteroatoms. The first-order valence-corrected chi connectivity index (χ1v) is 8.26. The highest BCUT2D eigenvalue weighted by molar-refractivity contribution is 7.99. The molecule has 3 aliphatic heterocycles. The van der Waals surface area contributed by atoms with E-state index in [4.69, 9.17) is 18.9 Å². The molecule has 3 saturated heterocycles. The summed E-state index contributed by atoms with van der Waals surface area (Å²) in [5, 5.41) is 0. The van der Waals surface area contributed by atoms with Gasteiger partial charge in [0, 0.05) is 4.90 Å². The zero-order valence-corrected chi connectivity index (χ0v) is 13.3. The van der Waals surface area contributed by atoms with Gasteiger partial charge in [0.2, 0.25) is 0 Å². The summed E-state index contributed by atoms with van der Waals surface area (Å²) in [6.45, 7) is 6.54. The lowest BCUT2D eigenvalue weighted by Gasteiger charge is -2.23. The quantitative estimate of drug-likeness (QED) is 0.803. The lowest BCUT2D eigenvalue weighted by molar-refractivity contribution is -0.158. The van der Waals surface area contributed by atoms with Crippen molar-refractivity contribution in [2.45, 2.75) is 61.3 Å². The highest BCUT2D eigenvalue weighted by Crippen LogP contribution is 2.48. The molecule has 0 radical (unpaired) electrons. The summed E-state index contributed by atoms with van der Waals surface area (Å²) >= 11 is 1.73. The third kappa shape index (κ3) is 2.73. The van der Waals surface area contributed by atoms with Gasteiger partial charge in [-0.05, 0) is 32.9 Å². The van der Waals surface area contributed by atoms with Crippen molar-refractivity contribution in [1.29, 1.82) is 0 Å². The minimum Gasteiger partial charge on any atom is -0.363 e. The summed E-state index contributed by atoms with van der Waals surface area (Å²) in [5.74, 6) is -0.513. The van der Waals surface area contributed by atoms with Gasteiger partial charge < -0.3 is 18.9 Å². The van der Waals surface area contributed by atoms with E-state index in [1.165, 1.54) is 10.5 Å². The third-order valence-corrected chi connectivity index (χ3v) is 5.27. The van der Waals surface area contributed by atoms with Crippen molar-refractivity contribution in [1.82, 2.24) is 0 Å². The van der Waals surface area contributed by atoms with Crippen molar-refractivity contribution in [3.8, 4) is 0 Å². The molecule has 0 amide bonds. The lowest BCUT2D eigenvalue weighted by atomic mass is 10.1. The minimum absolute atomic E-state index is 0.0141. The average Bonchev–Trinajstić information content (AvgIpc) is 3.04. The monoisotopic (exact) mass is 308 g/mol. The van der Waals surface area contributed by atoms with Crippen molar-refractivity contribution in [3.05, 3.63) is 29.8 Å². The van der Waals surface area contributed by atoms with Gasteiger partial charge in [0.25, 0.3) is 0 Å². The predicted molar refractivity (Wildman–Crippen MR) is 79.3 cm³/mol. The van der Waals surface area contributed by atoms with Crippen LogP contribution in [0.5, 0.6) is 0 Å². The fourth-order valence-corrected chi connectivity index (χ4v) is 4.05. The second kappa shape index (κ2) is 4.96. The van der Waals surface area contributed by atoms with E-state index in [-0.39, 0.29) is 29.9 Å². The Bertz CT molecular complexity index is 530. The Hall–Kier alpha value is -0.590. The van der Waals surface area contributed by atoms with Crippen molar-refractivity contribution in [3.63, 3.8) is 0 Å². The normalized spacial score (nSPS) is 40.2. The first-order chi connectivity index (χ1) is 10.0. The van der Waals surface area contributed by atoms with Gasteiger partial charge in [-0.3, -0.25) is 0 Å². The summed E-state index contributed by atoms with van der Waals surface area (Å²) in [4.78, 5) is 1.21. The predicted octanol–water partition coefficient (Wildman–Crippen LogP) is 2.73. The molecule has 0 aromatic heterocycles. The van der Waals surface area contributed by atoms with Crippen LogP contribution in [0.4, 0.5) is 0 Å². The molecule has 0 unspecified atom stereocenters. The van der Waals surface area contributed by atoms with Crippen molar-refractivity contribution in [2.24, 2.45) is 0 Å². The third-order valence-electron chi connectivity index (χ3n) is 4.11. The summed E-state index contributed by atoms with van der Waals surface area (Å²) in [6.07, 6.45) is 0.308. The van der Waals surface area contributed by atoms with Gasteiger partial charge in [0.1, 0.15) is 29.9 Å². The number of ether oxygens (including phenoxy) is 4. The molecule has 3 heterocycles. The molecule has 0 aliphatic carbocycles. The van der Waals surface area contributed by atoms with Crippen LogP contribution in [0.1, 0.15) is 19.4 Å². The van der Waals surface area contributed by atoms with E-state index < -0.39 is 5.79 Å². The maximum atomic E-state index is 6.17. The number of thioether (sulfide) groups is 1. The van der Waals surface area contributed by atoms with Gasteiger partial charge in [0.05, 0.1) is 6.61 Å². The maximum absolute atomic E-state index is 6.17. The average molecular weight is 308 g/mol. The summed E-state index contributed by atoms with van der Waals surface area (Å²) in [7, 11) is 0. The largest absolute Gasteiger partial charge is 0.363 e. The number of aryl methyl sites for hydroxylation is 1. The number of benzene rings is 1. The molecule has 21 heavy (non-hydrogen) atoms. The van der Waals surface area contributed by atoms with Crippen LogP contribution in [0.3, 0.4) is 0 Å². The number of hydrogen-bond acceptors (Lipinski definition) is 5. The van der Waals surface area contributed by atoms with E-state index in [2.05, 4.69) is 31.2 Å². The zero-order valence-electron chi connectivity index (χ0n) is 12.4. The molecule has 1 aromatic rings. The van der Waals surface area contributed by atoms with Crippen LogP contribution in [0.25, 0.3) is 0 Å². The first kappa shape index (κ1) is 14.0. The Balaban J connectivity index is 1.41. The SMILES string of the molecule is Cc1ccc(S[C@@H]2O[C@@H]([C@H]3COC(C)(C)O3)[C@H]3O[C@H]32)cc1. The van der Waals surface area contributed by atoms with E-state index >= 15 is 0 Å². The van der Waals surface area contributed by atoms with Crippen molar-refractivity contribution >= 4 is 11.8 Å². The smallest absolute Gasteiger partial charge is 0.163 e. The van der Waals surface area contributed by atoms with Crippen LogP contribution in [-0.2, 0) is 18.9 Å². The van der Waals surface area contributed by atoms with Gasteiger partial charge in [0.15, 0.2) is 5.79 Å². The molecule has 5 atom stereocenters.